The molecule has 3 atom stereocenters. The fraction of sp³-hybridized carbons (Fsp3) is 0.765. The summed E-state index contributed by atoms with van der Waals surface area (Å²) in [5.41, 5.74) is 16.2. The van der Waals surface area contributed by atoms with Gasteiger partial charge in [0.15, 0.2) is 5.78 Å². The minimum Gasteiger partial charge on any atom is -0.369 e. The van der Waals surface area contributed by atoms with Gasteiger partial charge in [-0.3, -0.25) is 19.2 Å². The summed E-state index contributed by atoms with van der Waals surface area (Å²) in [5.74, 6) is -1.52. The largest absolute Gasteiger partial charge is 0.369 e. The molecule has 0 aliphatic heterocycles. The van der Waals surface area contributed by atoms with E-state index in [2.05, 4.69) is 5.32 Å². The molecule has 150 valence electrons. The minimum atomic E-state index is -0.771. The van der Waals surface area contributed by atoms with E-state index in [1.54, 1.807) is 6.92 Å². The summed E-state index contributed by atoms with van der Waals surface area (Å²) in [6.45, 7) is 3.97. The minimum absolute atomic E-state index is 0.0121. The van der Waals surface area contributed by atoms with Crippen LogP contribution in [-0.4, -0.2) is 54.0 Å². The topological polar surface area (TPSA) is 158 Å². The van der Waals surface area contributed by atoms with Crippen molar-refractivity contribution in [2.45, 2.75) is 45.6 Å². The second-order valence-electron chi connectivity index (χ2n) is 6.46. The molecule has 1 unspecified atom stereocenters. The van der Waals surface area contributed by atoms with Crippen LogP contribution in [0.4, 0.5) is 0 Å². The smallest absolute Gasteiger partial charge is 0.223 e. The van der Waals surface area contributed by atoms with Crippen LogP contribution in [0, 0.1) is 11.8 Å². The van der Waals surface area contributed by atoms with Gasteiger partial charge in [-0.15, -0.1) is 0 Å². The van der Waals surface area contributed by atoms with Gasteiger partial charge in [0.25, 0.3) is 0 Å². The number of ketones is 2. The van der Waals surface area contributed by atoms with Gasteiger partial charge >= 0.3 is 0 Å². The zero-order valence-electron chi connectivity index (χ0n) is 15.7. The van der Waals surface area contributed by atoms with Gasteiger partial charge in [-0.2, -0.15) is 11.8 Å². The Morgan fingerprint density at radius 1 is 1.08 bits per heavy atom. The molecule has 0 saturated carbocycles. The van der Waals surface area contributed by atoms with Crippen molar-refractivity contribution in [1.29, 1.82) is 0 Å². The van der Waals surface area contributed by atoms with Gasteiger partial charge in [-0.05, 0) is 39.3 Å². The zero-order valence-corrected chi connectivity index (χ0v) is 16.5. The Labute approximate surface area is 159 Å². The van der Waals surface area contributed by atoms with Crippen molar-refractivity contribution in [1.82, 2.24) is 5.32 Å². The number of nitrogens with one attached hydrogen (secondary N) is 1. The highest BCUT2D eigenvalue weighted by Crippen LogP contribution is 2.14. The molecule has 0 rings (SSSR count). The Hall–Kier alpha value is -1.45. The number of thioether (sulfide) groups is 1. The molecular formula is C17H32N4O4S. The normalized spacial score (nSPS) is 14.3. The third kappa shape index (κ3) is 10.5. The molecule has 0 spiro atoms. The molecule has 0 aliphatic carbocycles. The van der Waals surface area contributed by atoms with E-state index in [-0.39, 0.29) is 47.9 Å². The Morgan fingerprint density at radius 2 is 1.73 bits per heavy atom. The van der Waals surface area contributed by atoms with E-state index in [0.29, 0.717) is 25.8 Å². The first-order chi connectivity index (χ1) is 12.2. The molecule has 0 aliphatic rings. The molecule has 0 aromatic heterocycles. The van der Waals surface area contributed by atoms with Gasteiger partial charge < -0.3 is 22.5 Å². The van der Waals surface area contributed by atoms with Crippen molar-refractivity contribution >= 4 is 35.1 Å². The second-order valence-corrected chi connectivity index (χ2v) is 7.49. The molecule has 8 nitrogen and oxygen atoms in total. The van der Waals surface area contributed by atoms with E-state index in [9.17, 15) is 19.2 Å². The fourth-order valence-electron chi connectivity index (χ4n) is 2.34. The molecule has 0 saturated heterocycles. The number of nitrogens with two attached hydrogens (primary N) is 3. The van der Waals surface area contributed by atoms with Crippen molar-refractivity contribution in [3.05, 3.63) is 0 Å². The molecule has 0 aromatic rings. The number of rotatable bonds is 15. The molecule has 7 N–H and O–H groups in total. The van der Waals surface area contributed by atoms with E-state index >= 15 is 0 Å². The van der Waals surface area contributed by atoms with Crippen LogP contribution in [0.3, 0.4) is 0 Å². The van der Waals surface area contributed by atoms with Crippen LogP contribution in [0.5, 0.6) is 0 Å². The van der Waals surface area contributed by atoms with Crippen molar-refractivity contribution in [2.75, 3.05) is 24.6 Å². The summed E-state index contributed by atoms with van der Waals surface area (Å²) >= 11 is 1.27. The summed E-state index contributed by atoms with van der Waals surface area (Å²) in [6, 6.07) is -0.771. The predicted molar refractivity (Wildman–Crippen MR) is 103 cm³/mol. The van der Waals surface area contributed by atoms with Gasteiger partial charge in [0.1, 0.15) is 5.78 Å². The molecule has 2 amide bonds. The molecule has 0 radical (unpaired) electrons. The first-order valence-electron chi connectivity index (χ1n) is 8.82. The molecule has 0 bridgehead atoms. The van der Waals surface area contributed by atoms with Gasteiger partial charge in [-0.1, -0.05) is 6.92 Å². The maximum Gasteiger partial charge on any atom is 0.223 e. The fourth-order valence-corrected chi connectivity index (χ4v) is 3.25. The highest BCUT2D eigenvalue weighted by atomic mass is 32.2. The third-order valence-corrected chi connectivity index (χ3v) is 5.13. The molecule has 0 fully saturated rings. The van der Waals surface area contributed by atoms with Crippen LogP contribution in [0.1, 0.15) is 39.5 Å². The van der Waals surface area contributed by atoms with Gasteiger partial charge in [0, 0.05) is 24.0 Å². The van der Waals surface area contributed by atoms with Crippen LogP contribution < -0.4 is 22.5 Å². The summed E-state index contributed by atoms with van der Waals surface area (Å²) in [5, 5.41) is 2.74. The Morgan fingerprint density at radius 3 is 2.23 bits per heavy atom. The van der Waals surface area contributed by atoms with Crippen molar-refractivity contribution < 1.29 is 19.2 Å². The van der Waals surface area contributed by atoms with Gasteiger partial charge in [0.2, 0.25) is 11.8 Å². The summed E-state index contributed by atoms with van der Waals surface area (Å²) in [4.78, 5) is 47.5. The first-order valence-corrected chi connectivity index (χ1v) is 9.98. The quantitative estimate of drug-likeness (QED) is 0.296. The average molecular weight is 389 g/mol. The lowest BCUT2D eigenvalue weighted by atomic mass is 9.95. The lowest BCUT2D eigenvalue weighted by Crippen LogP contribution is -2.46. The molecule has 26 heavy (non-hydrogen) atoms. The summed E-state index contributed by atoms with van der Waals surface area (Å²) in [7, 11) is 0. The Balaban J connectivity index is 4.95. The number of amides is 2. The third-order valence-electron chi connectivity index (χ3n) is 3.95. The number of hydrogen-bond donors (Lipinski definition) is 4. The van der Waals surface area contributed by atoms with Gasteiger partial charge in [0.05, 0.1) is 11.8 Å². The number of Topliss-reactive ketones (excluding diaryl/α,β-unsaturated/α-hetero) is 2. The van der Waals surface area contributed by atoms with Gasteiger partial charge in [-0.25, -0.2) is 0 Å². The highest BCUT2D eigenvalue weighted by Gasteiger charge is 2.27. The molecule has 9 heteroatoms. The van der Waals surface area contributed by atoms with Crippen LogP contribution in [0.2, 0.25) is 0 Å². The number of carbonyl (C=O) groups excluding carboxylic acids is 4. The standard InChI is InChI=1S/C17H32N4O4S/c1-11(4-3-6-18)17(25)21-14(10-26-9-12(2)22)15(23)8-13(5-7-19)16(20)24/h11,13-14H,3-10,18-19H2,1-2H3,(H2,20,24)(H,21,25)/t11?,13-,14+/m1/s1. The SMILES string of the molecule is CC(=O)CSC[C@H](NC(=O)C(C)CCCN)C(=O)C[C@@H](CCN)C(N)=O. The van der Waals surface area contributed by atoms with Crippen molar-refractivity contribution in [2.24, 2.45) is 29.0 Å². The van der Waals surface area contributed by atoms with E-state index in [1.807, 2.05) is 0 Å². The van der Waals surface area contributed by atoms with E-state index in [0.717, 1.165) is 0 Å². The Kier molecular flexibility index (Phi) is 12.9. The summed E-state index contributed by atoms with van der Waals surface area (Å²) < 4.78 is 0. The van der Waals surface area contributed by atoms with Crippen LogP contribution >= 0.6 is 11.8 Å². The van der Waals surface area contributed by atoms with Crippen LogP contribution in [-0.2, 0) is 19.2 Å². The second kappa shape index (κ2) is 13.7. The van der Waals surface area contributed by atoms with Crippen molar-refractivity contribution in [3.8, 4) is 0 Å². The highest BCUT2D eigenvalue weighted by molar-refractivity contribution is 8.00. The maximum absolute atomic E-state index is 12.6. The number of primary amides is 1. The zero-order chi connectivity index (χ0) is 20.1. The van der Waals surface area contributed by atoms with Crippen molar-refractivity contribution in [3.63, 3.8) is 0 Å². The predicted octanol–water partition coefficient (Wildman–Crippen LogP) is -0.422. The summed E-state index contributed by atoms with van der Waals surface area (Å²) in [6.07, 6.45) is 1.58. The monoisotopic (exact) mass is 388 g/mol. The lowest BCUT2D eigenvalue weighted by Gasteiger charge is -2.21. The number of hydrogen-bond acceptors (Lipinski definition) is 7. The molecular weight excluding hydrogens is 356 g/mol. The maximum atomic E-state index is 12.6. The Bertz CT molecular complexity index is 487. The van der Waals surface area contributed by atoms with E-state index in [1.165, 1.54) is 18.7 Å². The first kappa shape index (κ1) is 24.6. The molecule has 0 aromatic carbocycles. The van der Waals surface area contributed by atoms with Crippen LogP contribution in [0.15, 0.2) is 0 Å². The van der Waals surface area contributed by atoms with E-state index in [4.69, 9.17) is 17.2 Å². The number of carbonyl (C=O) groups is 4. The van der Waals surface area contributed by atoms with E-state index < -0.39 is 17.9 Å². The molecule has 0 heterocycles. The van der Waals surface area contributed by atoms with Crippen LogP contribution in [0.25, 0.3) is 0 Å². The average Bonchev–Trinajstić information content (AvgIpc) is 2.57. The lowest BCUT2D eigenvalue weighted by molar-refractivity contribution is -0.131.